The van der Waals surface area contributed by atoms with Crippen molar-refractivity contribution in [2.24, 2.45) is 0 Å². The number of hydrogen-bond donors (Lipinski definition) is 2. The largest absolute Gasteiger partial charge is 0.466 e. The Bertz CT molecular complexity index is 951. The molecule has 0 spiro atoms. The van der Waals surface area contributed by atoms with Crippen molar-refractivity contribution in [1.82, 2.24) is 15.5 Å². The van der Waals surface area contributed by atoms with Gasteiger partial charge in [-0.05, 0) is 29.0 Å². The number of ether oxygens (including phenoxy) is 1. The van der Waals surface area contributed by atoms with Crippen LogP contribution in [-0.4, -0.2) is 43.6 Å². The molecule has 1 atom stereocenters. The van der Waals surface area contributed by atoms with Gasteiger partial charge in [-0.15, -0.1) is 11.3 Å². The minimum Gasteiger partial charge on any atom is -0.466 e. The van der Waals surface area contributed by atoms with E-state index in [0.29, 0.717) is 17.8 Å². The summed E-state index contributed by atoms with van der Waals surface area (Å²) in [5.74, 6) is -0.427. The molecule has 2 amide bonds. The molecular weight excluding hydrogens is 386 g/mol. The monoisotopic (exact) mass is 409 g/mol. The summed E-state index contributed by atoms with van der Waals surface area (Å²) in [5, 5.41) is 7.62. The standard InChI is InChI=1S/C22H23N3O3S/c1-28-21(26)19-17(23-22(27)24-20(19)18-8-5-13-29-18)14-25-11-9-16(10-12-25)15-6-3-2-4-7-15/h2-9,13,20H,10-12,14H2,1H3,(H2,23,24,27)/t20-/m0/s1. The molecule has 2 aliphatic rings. The number of amides is 2. The van der Waals surface area contributed by atoms with E-state index in [4.69, 9.17) is 4.74 Å². The number of hydrogen-bond acceptors (Lipinski definition) is 5. The van der Waals surface area contributed by atoms with Gasteiger partial charge >= 0.3 is 12.0 Å². The fourth-order valence-corrected chi connectivity index (χ4v) is 4.54. The summed E-state index contributed by atoms with van der Waals surface area (Å²) in [5.41, 5.74) is 3.65. The van der Waals surface area contributed by atoms with Gasteiger partial charge in [-0.25, -0.2) is 9.59 Å². The van der Waals surface area contributed by atoms with Gasteiger partial charge in [0.25, 0.3) is 0 Å². The number of esters is 1. The molecular formula is C22H23N3O3S. The van der Waals surface area contributed by atoms with Crippen LogP contribution in [0.1, 0.15) is 22.9 Å². The van der Waals surface area contributed by atoms with Crippen molar-refractivity contribution in [3.63, 3.8) is 0 Å². The van der Waals surface area contributed by atoms with Crippen molar-refractivity contribution in [3.05, 3.63) is 75.6 Å². The molecule has 2 aliphatic heterocycles. The Labute approximate surface area is 173 Å². The highest BCUT2D eigenvalue weighted by molar-refractivity contribution is 7.10. The predicted octanol–water partition coefficient (Wildman–Crippen LogP) is 3.32. The lowest BCUT2D eigenvalue weighted by molar-refractivity contribution is -0.136. The molecule has 0 aliphatic carbocycles. The number of nitrogens with one attached hydrogen (secondary N) is 2. The summed E-state index contributed by atoms with van der Waals surface area (Å²) >= 11 is 1.50. The molecule has 1 aromatic heterocycles. The van der Waals surface area contributed by atoms with Crippen LogP contribution in [0.15, 0.2) is 65.2 Å². The zero-order chi connectivity index (χ0) is 20.2. The summed E-state index contributed by atoms with van der Waals surface area (Å²) in [6.07, 6.45) is 3.14. The van der Waals surface area contributed by atoms with E-state index in [1.165, 1.54) is 29.6 Å². The third-order valence-electron chi connectivity index (χ3n) is 5.21. The fourth-order valence-electron chi connectivity index (χ4n) is 3.76. The molecule has 2 N–H and O–H groups in total. The molecule has 0 saturated carbocycles. The molecule has 0 radical (unpaired) electrons. The summed E-state index contributed by atoms with van der Waals surface area (Å²) in [6, 6.07) is 13.4. The minimum atomic E-state index is -0.494. The number of nitrogens with zero attached hydrogens (tertiary/aromatic N) is 1. The maximum atomic E-state index is 12.6. The second-order valence-electron chi connectivity index (χ2n) is 7.01. The Morgan fingerprint density at radius 2 is 2.07 bits per heavy atom. The first-order chi connectivity index (χ1) is 14.2. The first-order valence-electron chi connectivity index (χ1n) is 9.55. The van der Waals surface area contributed by atoms with Crippen LogP contribution in [0.25, 0.3) is 5.57 Å². The van der Waals surface area contributed by atoms with E-state index < -0.39 is 12.0 Å². The molecule has 2 aromatic rings. The van der Waals surface area contributed by atoms with Crippen molar-refractivity contribution < 1.29 is 14.3 Å². The lowest BCUT2D eigenvalue weighted by Gasteiger charge is -2.32. The second-order valence-corrected chi connectivity index (χ2v) is 7.99. The van der Waals surface area contributed by atoms with Crippen molar-refractivity contribution in [3.8, 4) is 0 Å². The predicted molar refractivity (Wildman–Crippen MR) is 113 cm³/mol. The van der Waals surface area contributed by atoms with Crippen molar-refractivity contribution in [1.29, 1.82) is 0 Å². The number of thiophene rings is 1. The Balaban J connectivity index is 1.57. The molecule has 1 aromatic carbocycles. The SMILES string of the molecule is COC(=O)C1=C(CN2CC=C(c3ccccc3)CC2)NC(=O)N[C@H]1c1cccs1. The van der Waals surface area contributed by atoms with Crippen LogP contribution in [-0.2, 0) is 9.53 Å². The van der Waals surface area contributed by atoms with Gasteiger partial charge in [-0.3, -0.25) is 4.90 Å². The van der Waals surface area contributed by atoms with E-state index in [1.54, 1.807) is 0 Å². The lowest BCUT2D eigenvalue weighted by Crippen LogP contribution is -2.48. The molecule has 0 bridgehead atoms. The first-order valence-corrected chi connectivity index (χ1v) is 10.4. The van der Waals surface area contributed by atoms with E-state index in [2.05, 4.69) is 33.7 Å². The Morgan fingerprint density at radius 1 is 1.24 bits per heavy atom. The van der Waals surface area contributed by atoms with Gasteiger partial charge in [0.05, 0.1) is 18.7 Å². The third kappa shape index (κ3) is 4.26. The zero-order valence-electron chi connectivity index (χ0n) is 16.2. The molecule has 4 rings (SSSR count). The van der Waals surface area contributed by atoms with Gasteiger partial charge in [0, 0.05) is 30.2 Å². The van der Waals surface area contributed by atoms with E-state index in [9.17, 15) is 9.59 Å². The van der Waals surface area contributed by atoms with Crippen LogP contribution in [0.5, 0.6) is 0 Å². The van der Waals surface area contributed by atoms with E-state index >= 15 is 0 Å². The van der Waals surface area contributed by atoms with Crippen molar-refractivity contribution in [2.45, 2.75) is 12.5 Å². The minimum absolute atomic E-state index is 0.302. The second kappa shape index (κ2) is 8.63. The molecule has 6 nitrogen and oxygen atoms in total. The Kier molecular flexibility index (Phi) is 5.78. The number of rotatable bonds is 5. The van der Waals surface area contributed by atoms with E-state index in [-0.39, 0.29) is 6.03 Å². The molecule has 3 heterocycles. The molecule has 29 heavy (non-hydrogen) atoms. The molecule has 0 fully saturated rings. The van der Waals surface area contributed by atoms with Gasteiger partial charge in [0.15, 0.2) is 0 Å². The van der Waals surface area contributed by atoms with Crippen LogP contribution in [0.2, 0.25) is 0 Å². The average Bonchev–Trinajstić information content (AvgIpc) is 3.29. The summed E-state index contributed by atoms with van der Waals surface area (Å²) in [7, 11) is 1.37. The van der Waals surface area contributed by atoms with Gasteiger partial charge in [-0.1, -0.05) is 42.5 Å². The zero-order valence-corrected chi connectivity index (χ0v) is 17.0. The van der Waals surface area contributed by atoms with Gasteiger partial charge in [-0.2, -0.15) is 0 Å². The number of methoxy groups -OCH3 is 1. The van der Waals surface area contributed by atoms with Crippen LogP contribution in [0.4, 0.5) is 4.79 Å². The average molecular weight is 410 g/mol. The molecule has 0 saturated heterocycles. The van der Waals surface area contributed by atoms with Gasteiger partial charge in [0.1, 0.15) is 0 Å². The Morgan fingerprint density at radius 3 is 2.72 bits per heavy atom. The van der Waals surface area contributed by atoms with Crippen LogP contribution in [0, 0.1) is 0 Å². The summed E-state index contributed by atoms with van der Waals surface area (Å²) in [4.78, 5) is 28.0. The molecule has 150 valence electrons. The van der Waals surface area contributed by atoms with Gasteiger partial charge < -0.3 is 15.4 Å². The van der Waals surface area contributed by atoms with Crippen LogP contribution < -0.4 is 10.6 Å². The number of urea groups is 1. The number of carbonyl (C=O) groups is 2. The quantitative estimate of drug-likeness (QED) is 0.744. The summed E-state index contributed by atoms with van der Waals surface area (Å²) < 4.78 is 5.03. The lowest BCUT2D eigenvalue weighted by atomic mass is 9.98. The smallest absolute Gasteiger partial charge is 0.338 e. The van der Waals surface area contributed by atoms with Crippen LogP contribution >= 0.6 is 11.3 Å². The maximum Gasteiger partial charge on any atom is 0.338 e. The normalized spacial score (nSPS) is 20.0. The maximum absolute atomic E-state index is 12.6. The fraction of sp³-hybridized carbons (Fsp3) is 0.273. The highest BCUT2D eigenvalue weighted by atomic mass is 32.1. The number of benzene rings is 1. The topological polar surface area (TPSA) is 70.7 Å². The number of carbonyl (C=O) groups excluding carboxylic acids is 2. The highest BCUT2D eigenvalue weighted by Gasteiger charge is 2.34. The third-order valence-corrected chi connectivity index (χ3v) is 6.14. The highest BCUT2D eigenvalue weighted by Crippen LogP contribution is 2.31. The van der Waals surface area contributed by atoms with E-state index in [1.807, 2.05) is 35.7 Å². The van der Waals surface area contributed by atoms with Crippen molar-refractivity contribution >= 4 is 28.9 Å². The molecule has 0 unspecified atom stereocenters. The van der Waals surface area contributed by atoms with Crippen LogP contribution in [0.3, 0.4) is 0 Å². The first kappa shape index (κ1) is 19.4. The Hall–Kier alpha value is -2.90. The van der Waals surface area contributed by atoms with Crippen molar-refractivity contribution in [2.75, 3.05) is 26.7 Å². The molecule has 7 heteroatoms. The van der Waals surface area contributed by atoms with Gasteiger partial charge in [0.2, 0.25) is 0 Å². The van der Waals surface area contributed by atoms with E-state index in [0.717, 1.165) is 24.4 Å². The summed E-state index contributed by atoms with van der Waals surface area (Å²) in [6.45, 7) is 2.10.